The second kappa shape index (κ2) is 7.44. The maximum atomic E-state index is 6.58. The molecule has 0 saturated heterocycles. The van der Waals surface area contributed by atoms with Crippen molar-refractivity contribution < 1.29 is 0 Å². The Morgan fingerprint density at radius 3 is 1.62 bits per heavy atom. The number of aromatic nitrogens is 1. The van der Waals surface area contributed by atoms with Crippen LogP contribution in [0.4, 0.5) is 5.69 Å². The molecule has 0 amide bonds. The predicted molar refractivity (Wildman–Crippen MR) is 136 cm³/mol. The van der Waals surface area contributed by atoms with Gasteiger partial charge < -0.3 is 10.3 Å². The highest BCUT2D eigenvalue weighted by molar-refractivity contribution is 6.09. The lowest BCUT2D eigenvalue weighted by Gasteiger charge is -2.12. The van der Waals surface area contributed by atoms with Crippen LogP contribution in [-0.4, -0.2) is 4.57 Å². The standard InChI is InChI=1S/C30H22N2/c31-28-20-24(32-29-12-6-4-10-26(29)27-11-5-7-13-30(27)32)18-19-25(28)23-16-14-22(15-17-23)21-8-2-1-3-9-21/h1-20H,31H2. The van der Waals surface area contributed by atoms with Gasteiger partial charge >= 0.3 is 0 Å². The average molecular weight is 411 g/mol. The van der Waals surface area contributed by atoms with Crippen molar-refractivity contribution in [2.24, 2.45) is 0 Å². The summed E-state index contributed by atoms with van der Waals surface area (Å²) in [7, 11) is 0. The molecule has 6 rings (SSSR count). The number of benzene rings is 5. The first-order valence-electron chi connectivity index (χ1n) is 10.8. The minimum Gasteiger partial charge on any atom is -0.398 e. The normalized spacial score (nSPS) is 11.2. The number of para-hydroxylation sites is 2. The van der Waals surface area contributed by atoms with E-state index >= 15 is 0 Å². The van der Waals surface area contributed by atoms with Gasteiger partial charge in [-0.2, -0.15) is 0 Å². The molecule has 0 fully saturated rings. The number of rotatable bonds is 3. The lowest BCUT2D eigenvalue weighted by molar-refractivity contribution is 1.18. The van der Waals surface area contributed by atoms with Crippen LogP contribution in [0.5, 0.6) is 0 Å². The average Bonchev–Trinajstić information content (AvgIpc) is 3.19. The molecule has 0 atom stereocenters. The van der Waals surface area contributed by atoms with Gasteiger partial charge in [0.15, 0.2) is 0 Å². The van der Waals surface area contributed by atoms with Crippen molar-refractivity contribution in [3.63, 3.8) is 0 Å². The number of fused-ring (bicyclic) bond motifs is 3. The fourth-order valence-corrected chi connectivity index (χ4v) is 4.63. The van der Waals surface area contributed by atoms with E-state index in [1.54, 1.807) is 0 Å². The predicted octanol–water partition coefficient (Wildman–Crippen LogP) is 7.70. The highest BCUT2D eigenvalue weighted by atomic mass is 15.0. The lowest BCUT2D eigenvalue weighted by Crippen LogP contribution is -1.97. The molecule has 1 aromatic heterocycles. The van der Waals surface area contributed by atoms with E-state index in [1.807, 2.05) is 6.07 Å². The van der Waals surface area contributed by atoms with Gasteiger partial charge in [-0.15, -0.1) is 0 Å². The molecule has 32 heavy (non-hydrogen) atoms. The van der Waals surface area contributed by atoms with Gasteiger partial charge in [0.05, 0.1) is 11.0 Å². The molecular formula is C30H22N2. The zero-order valence-electron chi connectivity index (χ0n) is 17.6. The number of hydrogen-bond acceptors (Lipinski definition) is 1. The zero-order chi connectivity index (χ0) is 21.5. The molecule has 2 nitrogen and oxygen atoms in total. The van der Waals surface area contributed by atoms with Crippen molar-refractivity contribution in [1.29, 1.82) is 0 Å². The van der Waals surface area contributed by atoms with Gasteiger partial charge in [-0.05, 0) is 41.0 Å². The molecule has 0 unspecified atom stereocenters. The Morgan fingerprint density at radius 1 is 0.469 bits per heavy atom. The maximum absolute atomic E-state index is 6.58. The molecular weight excluding hydrogens is 388 g/mol. The first kappa shape index (κ1) is 18.5. The van der Waals surface area contributed by atoms with E-state index < -0.39 is 0 Å². The summed E-state index contributed by atoms with van der Waals surface area (Å²) in [5.74, 6) is 0. The minimum atomic E-state index is 0.775. The Labute approximate surface area is 187 Å². The highest BCUT2D eigenvalue weighted by Crippen LogP contribution is 2.35. The highest BCUT2D eigenvalue weighted by Gasteiger charge is 2.13. The van der Waals surface area contributed by atoms with E-state index in [0.29, 0.717) is 0 Å². The third-order valence-corrected chi connectivity index (χ3v) is 6.18. The van der Waals surface area contributed by atoms with Crippen LogP contribution >= 0.6 is 0 Å². The van der Waals surface area contributed by atoms with E-state index in [4.69, 9.17) is 5.73 Å². The Morgan fingerprint density at radius 2 is 1.00 bits per heavy atom. The van der Waals surface area contributed by atoms with Crippen molar-refractivity contribution in [2.75, 3.05) is 5.73 Å². The molecule has 152 valence electrons. The van der Waals surface area contributed by atoms with Gasteiger partial charge in [-0.25, -0.2) is 0 Å². The second-order valence-electron chi connectivity index (χ2n) is 8.08. The molecule has 0 aliphatic carbocycles. The van der Waals surface area contributed by atoms with Crippen molar-refractivity contribution in [2.45, 2.75) is 0 Å². The van der Waals surface area contributed by atoms with Crippen molar-refractivity contribution >= 4 is 27.5 Å². The minimum absolute atomic E-state index is 0.775. The molecule has 0 aliphatic rings. The summed E-state index contributed by atoms with van der Waals surface area (Å²) >= 11 is 0. The van der Waals surface area contributed by atoms with Crippen molar-refractivity contribution in [3.05, 3.63) is 121 Å². The quantitative estimate of drug-likeness (QED) is 0.298. The molecule has 2 N–H and O–H groups in total. The van der Waals surface area contributed by atoms with Crippen LogP contribution in [0.1, 0.15) is 0 Å². The largest absolute Gasteiger partial charge is 0.398 e. The van der Waals surface area contributed by atoms with Crippen molar-refractivity contribution in [3.8, 4) is 27.9 Å². The summed E-state index contributed by atoms with van der Waals surface area (Å²) in [4.78, 5) is 0. The summed E-state index contributed by atoms with van der Waals surface area (Å²) in [5.41, 5.74) is 15.4. The molecule has 5 aromatic carbocycles. The van der Waals surface area contributed by atoms with E-state index in [-0.39, 0.29) is 0 Å². The fraction of sp³-hybridized carbons (Fsp3) is 0. The SMILES string of the molecule is Nc1cc(-n2c3ccccc3c3ccccc32)ccc1-c1ccc(-c2ccccc2)cc1. The summed E-state index contributed by atoms with van der Waals surface area (Å²) in [6.45, 7) is 0. The molecule has 1 heterocycles. The number of nitrogen functional groups attached to an aromatic ring is 1. The van der Waals surface area contributed by atoms with E-state index in [0.717, 1.165) is 22.5 Å². The number of nitrogens with zero attached hydrogens (tertiary/aromatic N) is 1. The van der Waals surface area contributed by atoms with Gasteiger partial charge in [-0.3, -0.25) is 0 Å². The molecule has 6 aromatic rings. The summed E-state index contributed by atoms with van der Waals surface area (Å²) in [6.07, 6.45) is 0. The first-order valence-corrected chi connectivity index (χ1v) is 10.8. The van der Waals surface area contributed by atoms with E-state index in [1.165, 1.54) is 32.9 Å². The van der Waals surface area contributed by atoms with Gasteiger partial charge in [0.2, 0.25) is 0 Å². The van der Waals surface area contributed by atoms with E-state index in [2.05, 4.69) is 120 Å². The van der Waals surface area contributed by atoms with E-state index in [9.17, 15) is 0 Å². The molecule has 0 bridgehead atoms. The van der Waals surface area contributed by atoms with Crippen LogP contribution < -0.4 is 5.73 Å². The zero-order valence-corrected chi connectivity index (χ0v) is 17.6. The van der Waals surface area contributed by atoms with Crippen molar-refractivity contribution in [1.82, 2.24) is 4.57 Å². The number of nitrogens with two attached hydrogens (primary N) is 1. The van der Waals surface area contributed by atoms with Crippen LogP contribution in [0.15, 0.2) is 121 Å². The second-order valence-corrected chi connectivity index (χ2v) is 8.08. The Balaban J connectivity index is 1.44. The molecule has 0 saturated carbocycles. The smallest absolute Gasteiger partial charge is 0.0541 e. The van der Waals surface area contributed by atoms with Gasteiger partial charge in [0.1, 0.15) is 0 Å². The first-order chi connectivity index (χ1) is 15.8. The monoisotopic (exact) mass is 410 g/mol. The van der Waals surface area contributed by atoms with Crippen LogP contribution in [0.25, 0.3) is 49.7 Å². The van der Waals surface area contributed by atoms with Crippen LogP contribution in [0, 0.1) is 0 Å². The molecule has 0 radical (unpaired) electrons. The maximum Gasteiger partial charge on any atom is 0.0541 e. The van der Waals surface area contributed by atoms with Crippen LogP contribution in [0.3, 0.4) is 0 Å². The molecule has 2 heteroatoms. The number of anilines is 1. The third-order valence-electron chi connectivity index (χ3n) is 6.18. The topological polar surface area (TPSA) is 30.9 Å². The van der Waals surface area contributed by atoms with Crippen LogP contribution in [0.2, 0.25) is 0 Å². The third kappa shape index (κ3) is 2.97. The molecule has 0 aliphatic heterocycles. The Hall–Kier alpha value is -4.30. The Kier molecular flexibility index (Phi) is 4.29. The fourth-order valence-electron chi connectivity index (χ4n) is 4.63. The number of hydrogen-bond donors (Lipinski definition) is 1. The van der Waals surface area contributed by atoms with Gasteiger partial charge in [-0.1, -0.05) is 97.1 Å². The lowest BCUT2D eigenvalue weighted by atomic mass is 9.99. The van der Waals surface area contributed by atoms with Gasteiger partial charge in [0, 0.05) is 27.7 Å². The molecule has 0 spiro atoms. The van der Waals surface area contributed by atoms with Crippen LogP contribution in [-0.2, 0) is 0 Å². The Bertz CT molecular complexity index is 1510. The van der Waals surface area contributed by atoms with Gasteiger partial charge in [0.25, 0.3) is 0 Å². The summed E-state index contributed by atoms with van der Waals surface area (Å²) in [6, 6.07) is 42.5. The summed E-state index contributed by atoms with van der Waals surface area (Å²) < 4.78 is 2.29. The summed E-state index contributed by atoms with van der Waals surface area (Å²) in [5, 5.41) is 2.50.